The second-order valence-electron chi connectivity index (χ2n) is 5.55. The lowest BCUT2D eigenvalue weighted by atomic mass is 10.0. The van der Waals surface area contributed by atoms with Crippen LogP contribution in [0.5, 0.6) is 0 Å². The molecule has 0 spiro atoms. The third kappa shape index (κ3) is 3.55. The molecule has 1 heterocycles. The number of hydrogen-bond donors (Lipinski definition) is 2. The first-order valence-corrected chi connectivity index (χ1v) is 7.67. The largest absolute Gasteiger partial charge is 0.366 e. The van der Waals surface area contributed by atoms with E-state index < -0.39 is 5.91 Å². The predicted molar refractivity (Wildman–Crippen MR) is 93.2 cm³/mol. The molecule has 1 aromatic heterocycles. The van der Waals surface area contributed by atoms with E-state index in [-0.39, 0.29) is 5.91 Å². The first-order valence-electron chi connectivity index (χ1n) is 7.67. The Morgan fingerprint density at radius 1 is 1.12 bits per heavy atom. The lowest BCUT2D eigenvalue weighted by Crippen LogP contribution is -2.18. The Hall–Kier alpha value is -3.48. The van der Waals surface area contributed by atoms with Crippen LogP contribution in [0.2, 0.25) is 0 Å². The topological polar surface area (TPSA) is 103 Å². The molecule has 0 aliphatic carbocycles. The van der Waals surface area contributed by atoms with Crippen molar-refractivity contribution < 1.29 is 9.59 Å². The van der Waals surface area contributed by atoms with E-state index >= 15 is 0 Å². The summed E-state index contributed by atoms with van der Waals surface area (Å²) >= 11 is 0. The molecule has 25 heavy (non-hydrogen) atoms. The molecule has 7 nitrogen and oxygen atoms in total. The average molecular weight is 335 g/mol. The summed E-state index contributed by atoms with van der Waals surface area (Å²) in [5.41, 5.74) is 8.27. The Morgan fingerprint density at radius 3 is 2.60 bits per heavy atom. The molecule has 0 saturated heterocycles. The van der Waals surface area contributed by atoms with Crippen LogP contribution in [-0.2, 0) is 6.54 Å². The van der Waals surface area contributed by atoms with E-state index in [0.29, 0.717) is 28.9 Å². The van der Waals surface area contributed by atoms with Crippen molar-refractivity contribution in [3.05, 3.63) is 77.4 Å². The maximum atomic E-state index is 12.7. The zero-order chi connectivity index (χ0) is 17.8. The monoisotopic (exact) mass is 335 g/mol. The number of rotatable bonds is 5. The van der Waals surface area contributed by atoms with Gasteiger partial charge in [-0.2, -0.15) is 5.10 Å². The van der Waals surface area contributed by atoms with Crippen LogP contribution in [0.25, 0.3) is 0 Å². The molecule has 0 aliphatic rings. The number of primary amides is 1. The maximum absolute atomic E-state index is 12.7. The third-order valence-electron chi connectivity index (χ3n) is 3.91. The van der Waals surface area contributed by atoms with Crippen LogP contribution in [0.1, 0.15) is 31.8 Å². The molecule has 0 bridgehead atoms. The van der Waals surface area contributed by atoms with Gasteiger partial charge in [0.15, 0.2) is 0 Å². The Labute approximate surface area is 144 Å². The lowest BCUT2D eigenvalue weighted by Gasteiger charge is -2.13. The molecule has 0 fully saturated rings. The Kier molecular flexibility index (Phi) is 4.56. The van der Waals surface area contributed by atoms with Gasteiger partial charge in [-0.3, -0.25) is 9.59 Å². The molecule has 0 atom stereocenters. The fourth-order valence-corrected chi connectivity index (χ4v) is 2.60. The predicted octanol–water partition coefficient (Wildman–Crippen LogP) is 1.99. The van der Waals surface area contributed by atoms with Gasteiger partial charge in [0.25, 0.3) is 5.91 Å². The highest BCUT2D eigenvalue weighted by Crippen LogP contribution is 2.20. The van der Waals surface area contributed by atoms with Crippen LogP contribution >= 0.6 is 0 Å². The first-order chi connectivity index (χ1) is 12.1. The maximum Gasteiger partial charge on any atom is 0.256 e. The third-order valence-corrected chi connectivity index (χ3v) is 3.91. The molecule has 0 aliphatic heterocycles. The van der Waals surface area contributed by atoms with Crippen LogP contribution in [0.15, 0.2) is 55.1 Å². The number of nitrogens with two attached hydrogens (primary N) is 1. The van der Waals surface area contributed by atoms with Crippen molar-refractivity contribution in [3.8, 4) is 0 Å². The fourth-order valence-electron chi connectivity index (χ4n) is 2.60. The number of carbonyl (C=O) groups is 2. The van der Waals surface area contributed by atoms with Crippen molar-refractivity contribution in [1.29, 1.82) is 0 Å². The molecular weight excluding hydrogens is 318 g/mol. The summed E-state index contributed by atoms with van der Waals surface area (Å²) in [6.45, 7) is 2.18. The molecule has 0 saturated carbocycles. The van der Waals surface area contributed by atoms with E-state index in [0.717, 1.165) is 5.56 Å². The molecule has 2 amide bonds. The number of nitrogens with one attached hydrogen (secondary N) is 1. The van der Waals surface area contributed by atoms with Crippen LogP contribution in [-0.4, -0.2) is 26.6 Å². The highest BCUT2D eigenvalue weighted by atomic mass is 16.2. The van der Waals surface area contributed by atoms with Crippen molar-refractivity contribution in [2.24, 2.45) is 5.73 Å². The van der Waals surface area contributed by atoms with Crippen molar-refractivity contribution in [2.45, 2.75) is 13.5 Å². The lowest BCUT2D eigenvalue weighted by molar-refractivity contribution is 0.0995. The quantitative estimate of drug-likeness (QED) is 0.744. The standard InChI is InChI=1S/C18H17N5O2/c1-12-14(17(19)24)7-4-8-16(12)22-18(25)15-6-3-2-5-13(15)9-23-11-20-10-21-23/h2-8,10-11H,9H2,1H3,(H2,19,24)(H,22,25). The highest BCUT2D eigenvalue weighted by Gasteiger charge is 2.15. The van der Waals surface area contributed by atoms with Gasteiger partial charge in [0.2, 0.25) is 5.91 Å². The number of anilines is 1. The van der Waals surface area contributed by atoms with Crippen molar-refractivity contribution >= 4 is 17.5 Å². The molecule has 0 radical (unpaired) electrons. The van der Waals surface area contributed by atoms with Crippen LogP contribution in [0, 0.1) is 6.92 Å². The Morgan fingerprint density at radius 2 is 1.88 bits per heavy atom. The average Bonchev–Trinajstić information content (AvgIpc) is 3.10. The van der Waals surface area contributed by atoms with E-state index in [9.17, 15) is 9.59 Å². The van der Waals surface area contributed by atoms with Crippen molar-refractivity contribution in [3.63, 3.8) is 0 Å². The minimum atomic E-state index is -0.528. The van der Waals surface area contributed by atoms with Crippen LogP contribution < -0.4 is 11.1 Å². The molecular formula is C18H17N5O2. The molecule has 126 valence electrons. The van der Waals surface area contributed by atoms with Crippen LogP contribution in [0.3, 0.4) is 0 Å². The molecule has 2 aromatic carbocycles. The molecule has 0 unspecified atom stereocenters. The van der Waals surface area contributed by atoms with Gasteiger partial charge in [-0.25, -0.2) is 9.67 Å². The zero-order valence-corrected chi connectivity index (χ0v) is 13.6. The van der Waals surface area contributed by atoms with E-state index in [2.05, 4.69) is 15.4 Å². The van der Waals surface area contributed by atoms with Gasteiger partial charge < -0.3 is 11.1 Å². The Bertz CT molecular complexity index is 919. The number of nitrogens with zero attached hydrogens (tertiary/aromatic N) is 3. The summed E-state index contributed by atoms with van der Waals surface area (Å²) in [6, 6.07) is 12.3. The fraction of sp³-hybridized carbons (Fsp3) is 0.111. The number of hydrogen-bond acceptors (Lipinski definition) is 4. The minimum Gasteiger partial charge on any atom is -0.366 e. The van der Waals surface area contributed by atoms with E-state index in [1.165, 1.54) is 6.33 Å². The number of carbonyl (C=O) groups excluding carboxylic acids is 2. The van der Waals surface area contributed by atoms with Gasteiger partial charge in [0, 0.05) is 16.8 Å². The first kappa shape index (κ1) is 16.4. The SMILES string of the molecule is Cc1c(NC(=O)c2ccccc2Cn2cncn2)cccc1C(N)=O. The van der Waals surface area contributed by atoms with Gasteiger partial charge in [0.05, 0.1) is 6.54 Å². The van der Waals surface area contributed by atoms with E-state index in [1.807, 2.05) is 12.1 Å². The summed E-state index contributed by atoms with van der Waals surface area (Å²) in [5.74, 6) is -0.791. The number of aromatic nitrogens is 3. The van der Waals surface area contributed by atoms with Gasteiger partial charge >= 0.3 is 0 Å². The van der Waals surface area contributed by atoms with E-state index in [4.69, 9.17) is 5.73 Å². The number of benzene rings is 2. The minimum absolute atomic E-state index is 0.263. The van der Waals surface area contributed by atoms with Gasteiger partial charge in [0.1, 0.15) is 12.7 Å². The summed E-state index contributed by atoms with van der Waals surface area (Å²) < 4.78 is 1.64. The molecule has 3 aromatic rings. The van der Waals surface area contributed by atoms with Crippen LogP contribution in [0.4, 0.5) is 5.69 Å². The van der Waals surface area contributed by atoms with Crippen molar-refractivity contribution in [2.75, 3.05) is 5.32 Å². The van der Waals surface area contributed by atoms with E-state index in [1.54, 1.807) is 48.3 Å². The van der Waals surface area contributed by atoms with Crippen molar-refractivity contribution in [1.82, 2.24) is 14.8 Å². The Balaban J connectivity index is 1.87. The smallest absolute Gasteiger partial charge is 0.256 e. The molecule has 7 heteroatoms. The molecule has 3 N–H and O–H groups in total. The van der Waals surface area contributed by atoms with Gasteiger partial charge in [-0.15, -0.1) is 0 Å². The normalized spacial score (nSPS) is 10.4. The summed E-state index contributed by atoms with van der Waals surface area (Å²) in [4.78, 5) is 28.1. The second kappa shape index (κ2) is 6.96. The van der Waals surface area contributed by atoms with Gasteiger partial charge in [-0.1, -0.05) is 24.3 Å². The molecule has 3 rings (SSSR count). The zero-order valence-electron chi connectivity index (χ0n) is 13.6. The summed E-state index contributed by atoms with van der Waals surface area (Å²) in [7, 11) is 0. The van der Waals surface area contributed by atoms with Gasteiger partial charge in [-0.05, 0) is 36.2 Å². The second-order valence-corrected chi connectivity index (χ2v) is 5.55. The number of amides is 2. The summed E-state index contributed by atoms with van der Waals surface area (Å²) in [6.07, 6.45) is 3.04. The summed E-state index contributed by atoms with van der Waals surface area (Å²) in [5, 5.41) is 6.91. The highest BCUT2D eigenvalue weighted by molar-refractivity contribution is 6.06.